The number of unbranched alkanes of at least 4 members (excludes halogenated alkanes) is 1. The molecule has 0 aromatic carbocycles. The summed E-state index contributed by atoms with van der Waals surface area (Å²) in [4.78, 5) is 28.6. The Morgan fingerprint density at radius 3 is 2.86 bits per heavy atom. The quantitative estimate of drug-likeness (QED) is 0.604. The van der Waals surface area contributed by atoms with Crippen LogP contribution < -0.4 is 10.6 Å². The second-order valence-corrected chi connectivity index (χ2v) is 4.85. The normalized spacial score (nSPS) is 10.4. The van der Waals surface area contributed by atoms with Crippen LogP contribution >= 0.6 is 0 Å². The highest BCUT2D eigenvalue weighted by Crippen LogP contribution is 2.13. The summed E-state index contributed by atoms with van der Waals surface area (Å²) in [7, 11) is 0. The van der Waals surface area contributed by atoms with E-state index in [2.05, 4.69) is 29.1 Å². The maximum absolute atomic E-state index is 12.2. The van der Waals surface area contributed by atoms with Crippen molar-refractivity contribution in [2.45, 2.75) is 19.8 Å². The fourth-order valence-electron chi connectivity index (χ4n) is 2.07. The second-order valence-electron chi connectivity index (χ2n) is 4.85. The van der Waals surface area contributed by atoms with Gasteiger partial charge >= 0.3 is 0 Å². The van der Waals surface area contributed by atoms with Crippen molar-refractivity contribution in [3.05, 3.63) is 48.6 Å². The summed E-state index contributed by atoms with van der Waals surface area (Å²) in [6, 6.07) is 5.37. The highest BCUT2D eigenvalue weighted by molar-refractivity contribution is 6.02. The van der Waals surface area contributed by atoms with Gasteiger partial charge in [0.05, 0.1) is 5.52 Å². The summed E-state index contributed by atoms with van der Waals surface area (Å²) in [5.41, 5.74) is 0.876. The van der Waals surface area contributed by atoms with E-state index >= 15 is 0 Å². The van der Waals surface area contributed by atoms with Crippen molar-refractivity contribution in [2.75, 3.05) is 13.1 Å². The topological polar surface area (TPSA) is 75.5 Å². The van der Waals surface area contributed by atoms with Gasteiger partial charge in [0.2, 0.25) is 5.82 Å². The summed E-state index contributed by atoms with van der Waals surface area (Å²) in [6.45, 7) is 6.56. The number of nitrogens with zero attached hydrogens (tertiary/aromatic N) is 2. The Labute approximate surface area is 129 Å². The van der Waals surface area contributed by atoms with Gasteiger partial charge in [-0.1, -0.05) is 25.5 Å². The number of carbonyl (C=O) groups excluding carboxylic acids is 2. The third-order valence-electron chi connectivity index (χ3n) is 3.19. The Morgan fingerprint density at radius 1 is 1.32 bits per heavy atom. The molecule has 0 atom stereocenters. The predicted molar refractivity (Wildman–Crippen MR) is 85.0 cm³/mol. The van der Waals surface area contributed by atoms with Gasteiger partial charge in [0.25, 0.3) is 11.8 Å². The van der Waals surface area contributed by atoms with Gasteiger partial charge < -0.3 is 10.6 Å². The molecule has 6 nitrogen and oxygen atoms in total. The molecule has 0 bridgehead atoms. The molecule has 0 radical (unpaired) electrons. The molecule has 0 spiro atoms. The first kappa shape index (κ1) is 15.8. The van der Waals surface area contributed by atoms with Crippen molar-refractivity contribution < 1.29 is 9.59 Å². The average Bonchev–Trinajstić information content (AvgIpc) is 2.92. The number of hydrogen-bond acceptors (Lipinski definition) is 3. The van der Waals surface area contributed by atoms with E-state index in [1.165, 1.54) is 0 Å². The van der Waals surface area contributed by atoms with Gasteiger partial charge in [-0.2, -0.15) is 0 Å². The number of carbonyl (C=O) groups is 2. The lowest BCUT2D eigenvalue weighted by Gasteiger charge is -2.01. The highest BCUT2D eigenvalue weighted by Gasteiger charge is 2.20. The third kappa shape index (κ3) is 3.33. The molecule has 116 valence electrons. The van der Waals surface area contributed by atoms with E-state index in [0.717, 1.165) is 12.8 Å². The van der Waals surface area contributed by atoms with Gasteiger partial charge in [-0.3, -0.25) is 14.0 Å². The van der Waals surface area contributed by atoms with E-state index in [4.69, 9.17) is 0 Å². The number of fused-ring (bicyclic) bond motifs is 1. The van der Waals surface area contributed by atoms with Crippen LogP contribution in [0.15, 0.2) is 37.1 Å². The molecular formula is C16H20N4O2. The molecular weight excluding hydrogens is 280 g/mol. The van der Waals surface area contributed by atoms with Crippen LogP contribution in [0.1, 0.15) is 40.9 Å². The van der Waals surface area contributed by atoms with Gasteiger partial charge in [0.15, 0.2) is 5.69 Å². The minimum Gasteiger partial charge on any atom is -0.351 e. The maximum Gasteiger partial charge on any atom is 0.287 e. The Kier molecular flexibility index (Phi) is 5.30. The number of nitrogens with one attached hydrogen (secondary N) is 2. The lowest BCUT2D eigenvalue weighted by atomic mass is 10.3. The summed E-state index contributed by atoms with van der Waals surface area (Å²) < 4.78 is 1.62. The summed E-state index contributed by atoms with van der Waals surface area (Å²) in [5, 5.41) is 5.50. The van der Waals surface area contributed by atoms with Crippen molar-refractivity contribution in [3.8, 4) is 0 Å². The fraction of sp³-hybridized carbons (Fsp3) is 0.312. The minimum absolute atomic E-state index is 0.193. The third-order valence-corrected chi connectivity index (χ3v) is 3.19. The molecule has 0 aliphatic carbocycles. The molecule has 0 unspecified atom stereocenters. The van der Waals surface area contributed by atoms with Crippen molar-refractivity contribution in [1.82, 2.24) is 20.0 Å². The predicted octanol–water partition coefficient (Wildman–Crippen LogP) is 1.78. The summed E-state index contributed by atoms with van der Waals surface area (Å²) in [5.74, 6) is -0.410. The van der Waals surface area contributed by atoms with Crippen LogP contribution in [0.3, 0.4) is 0 Å². The van der Waals surface area contributed by atoms with Crippen molar-refractivity contribution in [2.24, 2.45) is 0 Å². The van der Waals surface area contributed by atoms with E-state index in [9.17, 15) is 9.59 Å². The molecule has 6 heteroatoms. The largest absolute Gasteiger partial charge is 0.351 e. The zero-order valence-corrected chi connectivity index (χ0v) is 12.6. The zero-order valence-electron chi connectivity index (χ0n) is 12.6. The monoisotopic (exact) mass is 300 g/mol. The number of hydrogen-bond donors (Lipinski definition) is 2. The average molecular weight is 300 g/mol. The lowest BCUT2D eigenvalue weighted by molar-refractivity contribution is 0.0946. The molecule has 22 heavy (non-hydrogen) atoms. The van der Waals surface area contributed by atoms with Gasteiger partial charge in [0.1, 0.15) is 0 Å². The molecule has 2 amide bonds. The Morgan fingerprint density at radius 2 is 2.14 bits per heavy atom. The molecule has 2 aromatic rings. The van der Waals surface area contributed by atoms with Crippen molar-refractivity contribution in [3.63, 3.8) is 0 Å². The van der Waals surface area contributed by atoms with E-state index in [-0.39, 0.29) is 23.3 Å². The zero-order chi connectivity index (χ0) is 15.9. The summed E-state index contributed by atoms with van der Waals surface area (Å²) >= 11 is 0. The molecule has 0 saturated carbocycles. The first-order chi connectivity index (χ1) is 10.7. The van der Waals surface area contributed by atoms with Crippen LogP contribution in [0.25, 0.3) is 5.52 Å². The first-order valence-electron chi connectivity index (χ1n) is 7.33. The number of imidazole rings is 1. The maximum atomic E-state index is 12.2. The summed E-state index contributed by atoms with van der Waals surface area (Å²) in [6.07, 6.45) is 5.21. The Balaban J connectivity index is 2.33. The Bertz CT molecular complexity index is 691. The smallest absolute Gasteiger partial charge is 0.287 e. The lowest BCUT2D eigenvalue weighted by Crippen LogP contribution is -2.26. The standard InChI is InChI=1S/C16H20N4O2/c1-3-5-10-18-15(21)13-12-8-6-7-11-20(12)14(19-13)16(22)17-9-4-2/h4,6-8,11H,2-3,5,9-10H2,1H3,(H,17,22)(H,18,21). The van der Waals surface area contributed by atoms with Gasteiger partial charge in [-0.05, 0) is 18.6 Å². The molecule has 0 aliphatic heterocycles. The van der Waals surface area contributed by atoms with Crippen molar-refractivity contribution in [1.29, 1.82) is 0 Å². The molecule has 2 aromatic heterocycles. The molecule has 2 heterocycles. The Hall–Kier alpha value is -2.63. The minimum atomic E-state index is -0.339. The second kappa shape index (κ2) is 7.40. The first-order valence-corrected chi connectivity index (χ1v) is 7.33. The molecule has 0 aliphatic rings. The van der Waals surface area contributed by atoms with Gasteiger partial charge in [-0.25, -0.2) is 4.98 Å². The number of pyridine rings is 1. The van der Waals surface area contributed by atoms with Crippen LogP contribution in [0.5, 0.6) is 0 Å². The van der Waals surface area contributed by atoms with E-state index < -0.39 is 0 Å². The van der Waals surface area contributed by atoms with Gasteiger partial charge in [-0.15, -0.1) is 6.58 Å². The van der Waals surface area contributed by atoms with Crippen LogP contribution in [-0.4, -0.2) is 34.3 Å². The fourth-order valence-corrected chi connectivity index (χ4v) is 2.07. The molecule has 0 saturated heterocycles. The van der Waals surface area contributed by atoms with E-state index in [1.54, 1.807) is 28.8 Å². The van der Waals surface area contributed by atoms with Crippen LogP contribution in [0.2, 0.25) is 0 Å². The molecule has 2 rings (SSSR count). The van der Waals surface area contributed by atoms with Crippen LogP contribution in [0, 0.1) is 0 Å². The van der Waals surface area contributed by atoms with Crippen molar-refractivity contribution >= 4 is 17.3 Å². The van der Waals surface area contributed by atoms with E-state index in [0.29, 0.717) is 18.6 Å². The SMILES string of the molecule is C=CCNC(=O)c1nc(C(=O)NCCCC)c2ccccn12. The number of amides is 2. The van der Waals surface area contributed by atoms with Gasteiger partial charge in [0, 0.05) is 19.3 Å². The van der Waals surface area contributed by atoms with E-state index in [1.807, 2.05) is 6.07 Å². The molecule has 0 fully saturated rings. The number of rotatable bonds is 7. The van der Waals surface area contributed by atoms with Crippen LogP contribution in [0.4, 0.5) is 0 Å². The van der Waals surface area contributed by atoms with Crippen LogP contribution in [-0.2, 0) is 0 Å². The highest BCUT2D eigenvalue weighted by atomic mass is 16.2. The number of aromatic nitrogens is 2. The molecule has 2 N–H and O–H groups in total.